The first-order chi connectivity index (χ1) is 8.04. The highest BCUT2D eigenvalue weighted by Gasteiger charge is 2.20. The fourth-order valence-corrected chi connectivity index (χ4v) is 1.96. The van der Waals surface area contributed by atoms with Gasteiger partial charge in [0.1, 0.15) is 11.9 Å². The van der Waals surface area contributed by atoms with Crippen LogP contribution in [0.3, 0.4) is 0 Å². The lowest BCUT2D eigenvalue weighted by Gasteiger charge is -2.20. The molecule has 1 heterocycles. The van der Waals surface area contributed by atoms with Gasteiger partial charge in [-0.1, -0.05) is 20.8 Å². The number of nitrogens with two attached hydrogens (primary N) is 1. The van der Waals surface area contributed by atoms with Gasteiger partial charge in [-0.3, -0.25) is 0 Å². The second kappa shape index (κ2) is 5.93. The lowest BCUT2D eigenvalue weighted by atomic mass is 10.1. The van der Waals surface area contributed by atoms with Gasteiger partial charge in [0.2, 0.25) is 0 Å². The van der Waals surface area contributed by atoms with Crippen LogP contribution in [0, 0.1) is 12.8 Å². The number of nitrogens with one attached hydrogen (secondary N) is 1. The van der Waals surface area contributed by atoms with Crippen molar-refractivity contribution in [3.8, 4) is 0 Å². The van der Waals surface area contributed by atoms with Crippen molar-refractivity contribution < 1.29 is 4.74 Å². The van der Waals surface area contributed by atoms with Gasteiger partial charge >= 0.3 is 0 Å². The van der Waals surface area contributed by atoms with Gasteiger partial charge in [-0.05, 0) is 19.3 Å². The minimum atomic E-state index is -0.105. The topological polar surface area (TPSA) is 73.1 Å². The maximum Gasteiger partial charge on any atom is 0.160 e. The van der Waals surface area contributed by atoms with Crippen molar-refractivity contribution >= 4 is 5.82 Å². The van der Waals surface area contributed by atoms with Crippen LogP contribution in [0.2, 0.25) is 0 Å². The van der Waals surface area contributed by atoms with E-state index in [1.54, 1.807) is 7.11 Å². The zero-order chi connectivity index (χ0) is 13.0. The Kier molecular flexibility index (Phi) is 4.84. The van der Waals surface area contributed by atoms with Crippen molar-refractivity contribution in [2.45, 2.75) is 40.2 Å². The summed E-state index contributed by atoms with van der Waals surface area (Å²) in [7, 11) is 1.67. The van der Waals surface area contributed by atoms with Crippen LogP contribution in [0.25, 0.3) is 0 Å². The second-order valence-electron chi connectivity index (χ2n) is 4.39. The number of anilines is 1. The molecule has 0 saturated heterocycles. The molecule has 3 N–H and O–H groups in total. The lowest BCUT2D eigenvalue weighted by Crippen LogP contribution is -2.18. The molecule has 5 nitrogen and oxygen atoms in total. The Morgan fingerprint density at radius 2 is 2.00 bits per heavy atom. The van der Waals surface area contributed by atoms with E-state index in [-0.39, 0.29) is 6.10 Å². The quantitative estimate of drug-likeness (QED) is 0.606. The molecule has 0 fully saturated rings. The Hall–Kier alpha value is -1.20. The highest BCUT2D eigenvalue weighted by atomic mass is 16.5. The molecule has 17 heavy (non-hydrogen) atoms. The van der Waals surface area contributed by atoms with Gasteiger partial charge < -0.3 is 10.2 Å². The van der Waals surface area contributed by atoms with Crippen molar-refractivity contribution in [1.82, 2.24) is 9.97 Å². The molecule has 0 amide bonds. The van der Waals surface area contributed by atoms with Crippen molar-refractivity contribution in [1.29, 1.82) is 0 Å². The number of rotatable bonds is 5. The predicted molar refractivity (Wildman–Crippen MR) is 68.5 cm³/mol. The summed E-state index contributed by atoms with van der Waals surface area (Å²) < 4.78 is 5.43. The first-order valence-corrected chi connectivity index (χ1v) is 5.91. The summed E-state index contributed by atoms with van der Waals surface area (Å²) in [5.74, 6) is 7.20. The number of aryl methyl sites for hydroxylation is 1. The zero-order valence-electron chi connectivity index (χ0n) is 11.2. The first-order valence-electron chi connectivity index (χ1n) is 5.91. The largest absolute Gasteiger partial charge is 0.373 e. The van der Waals surface area contributed by atoms with E-state index in [0.29, 0.717) is 17.6 Å². The van der Waals surface area contributed by atoms with Crippen LogP contribution in [0.5, 0.6) is 0 Å². The SMILES string of the molecule is CCc1c(C)nc(C(OC)C(C)C)nc1NN. The van der Waals surface area contributed by atoms with E-state index in [0.717, 1.165) is 17.7 Å². The normalized spacial score (nSPS) is 12.9. The minimum absolute atomic E-state index is 0.105. The number of nitrogen functional groups attached to an aromatic ring is 1. The van der Waals surface area contributed by atoms with Crippen molar-refractivity contribution in [2.75, 3.05) is 12.5 Å². The third-order valence-electron chi connectivity index (χ3n) is 2.84. The molecule has 1 aromatic heterocycles. The summed E-state index contributed by atoms with van der Waals surface area (Å²) >= 11 is 0. The summed E-state index contributed by atoms with van der Waals surface area (Å²) in [5.41, 5.74) is 4.64. The first kappa shape index (κ1) is 13.9. The van der Waals surface area contributed by atoms with E-state index in [1.807, 2.05) is 6.92 Å². The molecule has 0 bridgehead atoms. The van der Waals surface area contributed by atoms with Gasteiger partial charge in [0, 0.05) is 18.4 Å². The monoisotopic (exact) mass is 238 g/mol. The van der Waals surface area contributed by atoms with E-state index < -0.39 is 0 Å². The van der Waals surface area contributed by atoms with Crippen LogP contribution in [0.4, 0.5) is 5.82 Å². The molecule has 0 saturated carbocycles. The number of nitrogens with zero attached hydrogens (tertiary/aromatic N) is 2. The third kappa shape index (κ3) is 2.92. The second-order valence-corrected chi connectivity index (χ2v) is 4.39. The Morgan fingerprint density at radius 3 is 2.41 bits per heavy atom. The smallest absolute Gasteiger partial charge is 0.160 e. The van der Waals surface area contributed by atoms with Crippen molar-refractivity contribution in [2.24, 2.45) is 11.8 Å². The van der Waals surface area contributed by atoms with Crippen LogP contribution in [-0.4, -0.2) is 17.1 Å². The zero-order valence-corrected chi connectivity index (χ0v) is 11.2. The Balaban J connectivity index is 3.23. The standard InChI is InChI=1S/C12H22N4O/c1-6-9-8(4)14-12(15-11(9)16-13)10(17-5)7(2)3/h7,10H,6,13H2,1-5H3,(H,14,15,16). The molecule has 5 heteroatoms. The number of aromatic nitrogens is 2. The maximum absolute atomic E-state index is 5.50. The summed E-state index contributed by atoms with van der Waals surface area (Å²) in [6.07, 6.45) is 0.747. The highest BCUT2D eigenvalue weighted by molar-refractivity contribution is 5.45. The van der Waals surface area contributed by atoms with E-state index in [4.69, 9.17) is 10.6 Å². The number of methoxy groups -OCH3 is 1. The maximum atomic E-state index is 5.50. The molecule has 96 valence electrons. The van der Waals surface area contributed by atoms with Gasteiger partial charge in [0.05, 0.1) is 0 Å². The molecule has 0 aliphatic heterocycles. The molecule has 0 aliphatic carbocycles. The minimum Gasteiger partial charge on any atom is -0.373 e. The van der Waals surface area contributed by atoms with Gasteiger partial charge in [-0.2, -0.15) is 0 Å². The van der Waals surface area contributed by atoms with Gasteiger partial charge in [-0.25, -0.2) is 15.8 Å². The van der Waals surface area contributed by atoms with E-state index in [2.05, 4.69) is 36.2 Å². The Labute approximate surface area is 103 Å². The number of hydrogen-bond donors (Lipinski definition) is 2. The fourth-order valence-electron chi connectivity index (χ4n) is 1.96. The van der Waals surface area contributed by atoms with Gasteiger partial charge in [0.15, 0.2) is 5.82 Å². The van der Waals surface area contributed by atoms with Crippen LogP contribution >= 0.6 is 0 Å². The van der Waals surface area contributed by atoms with Crippen LogP contribution in [0.1, 0.15) is 44.0 Å². The van der Waals surface area contributed by atoms with Crippen LogP contribution in [-0.2, 0) is 11.2 Å². The van der Waals surface area contributed by atoms with Crippen molar-refractivity contribution in [3.63, 3.8) is 0 Å². The average molecular weight is 238 g/mol. The summed E-state index contributed by atoms with van der Waals surface area (Å²) in [6.45, 7) is 8.19. The molecular weight excluding hydrogens is 216 g/mol. The Morgan fingerprint density at radius 1 is 1.35 bits per heavy atom. The van der Waals surface area contributed by atoms with E-state index in [9.17, 15) is 0 Å². The van der Waals surface area contributed by atoms with Crippen LogP contribution < -0.4 is 11.3 Å². The molecule has 0 aromatic carbocycles. The molecular formula is C12H22N4O. The number of ether oxygens (including phenoxy) is 1. The molecule has 0 radical (unpaired) electrons. The molecule has 0 aliphatic rings. The van der Waals surface area contributed by atoms with E-state index >= 15 is 0 Å². The fraction of sp³-hybridized carbons (Fsp3) is 0.667. The summed E-state index contributed by atoms with van der Waals surface area (Å²) in [5, 5.41) is 0. The molecule has 1 atom stereocenters. The molecule has 1 rings (SSSR count). The molecule has 1 aromatic rings. The highest BCUT2D eigenvalue weighted by Crippen LogP contribution is 2.25. The molecule has 1 unspecified atom stereocenters. The lowest BCUT2D eigenvalue weighted by molar-refractivity contribution is 0.0574. The summed E-state index contributed by atoms with van der Waals surface area (Å²) in [6, 6.07) is 0. The third-order valence-corrected chi connectivity index (χ3v) is 2.84. The summed E-state index contributed by atoms with van der Waals surface area (Å²) in [4.78, 5) is 8.96. The Bertz CT molecular complexity index is 379. The van der Waals surface area contributed by atoms with Crippen LogP contribution in [0.15, 0.2) is 0 Å². The predicted octanol–water partition coefficient (Wildman–Crippen LogP) is 1.98. The van der Waals surface area contributed by atoms with Gasteiger partial charge in [-0.15, -0.1) is 0 Å². The average Bonchev–Trinajstić information content (AvgIpc) is 2.28. The van der Waals surface area contributed by atoms with E-state index in [1.165, 1.54) is 0 Å². The molecule has 0 spiro atoms. The number of hydrazine groups is 1. The number of hydrogen-bond acceptors (Lipinski definition) is 5. The van der Waals surface area contributed by atoms with Gasteiger partial charge in [0.25, 0.3) is 0 Å². The van der Waals surface area contributed by atoms with Crippen molar-refractivity contribution in [3.05, 3.63) is 17.1 Å².